The summed E-state index contributed by atoms with van der Waals surface area (Å²) >= 11 is 0. The molecule has 256 valence electrons. The van der Waals surface area contributed by atoms with E-state index in [0.717, 1.165) is 74.7 Å². The lowest BCUT2D eigenvalue weighted by atomic mass is 9.77. The van der Waals surface area contributed by atoms with E-state index >= 15 is 0 Å². The van der Waals surface area contributed by atoms with E-state index in [-0.39, 0.29) is 11.3 Å². The van der Waals surface area contributed by atoms with Gasteiger partial charge in [0, 0.05) is 56.1 Å². The summed E-state index contributed by atoms with van der Waals surface area (Å²) in [6.45, 7) is 6.60. The van der Waals surface area contributed by atoms with E-state index < -0.39 is 0 Å². The van der Waals surface area contributed by atoms with E-state index in [9.17, 15) is 4.79 Å². The summed E-state index contributed by atoms with van der Waals surface area (Å²) in [6.07, 6.45) is 8.34. The molecular formula is C38H44N6O5. The Labute approximate surface area is 287 Å². The number of benzene rings is 2. The van der Waals surface area contributed by atoms with Crippen LogP contribution in [0.15, 0.2) is 83.7 Å². The molecule has 2 fully saturated rings. The smallest absolute Gasteiger partial charge is 0.254 e. The van der Waals surface area contributed by atoms with Crippen LogP contribution in [0.4, 0.5) is 5.95 Å². The number of likely N-dealkylation sites (tertiary alicyclic amines) is 1. The SMILES string of the molecule is COc1cc(C(=O)N2CCC(CCN3CCCN(c4nc5ccccc5n4Cc4ccco4)CC3)(c3cccnc3)C2)cc(OC)c1OC. The van der Waals surface area contributed by atoms with Crippen molar-refractivity contribution >= 4 is 22.9 Å². The first-order valence-corrected chi connectivity index (χ1v) is 17.0. The quantitative estimate of drug-likeness (QED) is 0.182. The minimum absolute atomic E-state index is 0.0483. The number of hydrogen-bond acceptors (Lipinski definition) is 9. The predicted molar refractivity (Wildman–Crippen MR) is 188 cm³/mol. The monoisotopic (exact) mass is 664 g/mol. The molecule has 0 spiro atoms. The number of rotatable bonds is 11. The third-order valence-electron chi connectivity index (χ3n) is 10.1. The maximum atomic E-state index is 13.9. The van der Waals surface area contributed by atoms with Crippen molar-refractivity contribution in [3.8, 4) is 17.2 Å². The summed E-state index contributed by atoms with van der Waals surface area (Å²) in [4.78, 5) is 30.5. The molecule has 1 amide bonds. The Balaban J connectivity index is 1.07. The highest BCUT2D eigenvalue weighted by atomic mass is 16.5. The number of pyridine rings is 1. The van der Waals surface area contributed by atoms with Gasteiger partial charge in [-0.15, -0.1) is 0 Å². The summed E-state index contributed by atoms with van der Waals surface area (Å²) in [5, 5.41) is 0. The van der Waals surface area contributed by atoms with Crippen LogP contribution in [0, 0.1) is 0 Å². The number of amides is 1. The van der Waals surface area contributed by atoms with Gasteiger partial charge in [0.1, 0.15) is 5.76 Å². The molecule has 11 nitrogen and oxygen atoms in total. The second kappa shape index (κ2) is 14.2. The van der Waals surface area contributed by atoms with Crippen molar-refractivity contribution in [2.45, 2.75) is 31.2 Å². The second-order valence-electron chi connectivity index (χ2n) is 12.9. The molecule has 2 saturated heterocycles. The second-order valence-corrected chi connectivity index (χ2v) is 12.9. The Bertz CT molecular complexity index is 1850. The Morgan fingerprint density at radius 1 is 0.918 bits per heavy atom. The van der Waals surface area contributed by atoms with Gasteiger partial charge in [0.15, 0.2) is 11.5 Å². The molecule has 11 heteroatoms. The molecule has 2 aromatic carbocycles. The van der Waals surface area contributed by atoms with E-state index in [0.29, 0.717) is 42.4 Å². The number of ether oxygens (including phenoxy) is 3. The maximum Gasteiger partial charge on any atom is 0.254 e. The van der Waals surface area contributed by atoms with Gasteiger partial charge in [-0.1, -0.05) is 18.2 Å². The number of carbonyl (C=O) groups excluding carboxylic acids is 1. The van der Waals surface area contributed by atoms with Gasteiger partial charge >= 0.3 is 0 Å². The summed E-state index contributed by atoms with van der Waals surface area (Å²) in [7, 11) is 4.69. The topological polar surface area (TPSA) is 98.3 Å². The lowest BCUT2D eigenvalue weighted by molar-refractivity contribution is 0.0780. The number of nitrogens with zero attached hydrogens (tertiary/aromatic N) is 6. The van der Waals surface area contributed by atoms with Crippen molar-refractivity contribution in [2.24, 2.45) is 0 Å². The van der Waals surface area contributed by atoms with Crippen molar-refractivity contribution in [3.63, 3.8) is 0 Å². The predicted octanol–water partition coefficient (Wildman–Crippen LogP) is 5.48. The first-order chi connectivity index (χ1) is 24.0. The van der Waals surface area contributed by atoms with E-state index in [1.54, 1.807) is 39.7 Å². The summed E-state index contributed by atoms with van der Waals surface area (Å²) < 4.78 is 24.6. The largest absolute Gasteiger partial charge is 0.493 e. The van der Waals surface area contributed by atoms with Crippen molar-refractivity contribution in [1.29, 1.82) is 0 Å². The molecule has 7 rings (SSSR count). The molecule has 0 aliphatic carbocycles. The molecule has 5 heterocycles. The third kappa shape index (κ3) is 6.55. The van der Waals surface area contributed by atoms with Gasteiger partial charge in [-0.3, -0.25) is 9.78 Å². The minimum Gasteiger partial charge on any atom is -0.493 e. The fourth-order valence-corrected chi connectivity index (χ4v) is 7.48. The average Bonchev–Trinajstić information content (AvgIpc) is 3.87. The molecule has 0 radical (unpaired) electrons. The lowest BCUT2D eigenvalue weighted by Gasteiger charge is -2.32. The molecule has 0 bridgehead atoms. The van der Waals surface area contributed by atoms with Crippen molar-refractivity contribution in [2.75, 3.05) is 72.0 Å². The molecule has 1 atom stereocenters. The molecule has 0 saturated carbocycles. The van der Waals surface area contributed by atoms with Crippen LogP contribution in [0.3, 0.4) is 0 Å². The number of anilines is 1. The van der Waals surface area contributed by atoms with E-state index in [4.69, 9.17) is 23.6 Å². The van der Waals surface area contributed by atoms with Crippen molar-refractivity contribution in [1.82, 2.24) is 24.3 Å². The molecule has 5 aromatic rings. The van der Waals surface area contributed by atoms with Gasteiger partial charge in [-0.25, -0.2) is 4.98 Å². The normalized spacial score (nSPS) is 18.5. The summed E-state index contributed by atoms with van der Waals surface area (Å²) in [5.41, 5.74) is 3.60. The number of aromatic nitrogens is 3. The zero-order valence-electron chi connectivity index (χ0n) is 28.5. The summed E-state index contributed by atoms with van der Waals surface area (Å²) in [5.74, 6) is 3.26. The molecule has 1 unspecified atom stereocenters. The van der Waals surface area contributed by atoms with Crippen LogP contribution in [-0.4, -0.2) is 97.4 Å². The van der Waals surface area contributed by atoms with Gasteiger partial charge in [0.25, 0.3) is 5.91 Å². The van der Waals surface area contributed by atoms with Crippen LogP contribution < -0.4 is 19.1 Å². The van der Waals surface area contributed by atoms with Crippen molar-refractivity contribution < 1.29 is 23.4 Å². The number of methoxy groups -OCH3 is 3. The third-order valence-corrected chi connectivity index (χ3v) is 10.1. The fraction of sp³-hybridized carbons (Fsp3) is 0.395. The summed E-state index contributed by atoms with van der Waals surface area (Å²) in [6, 6.07) is 19.9. The first-order valence-electron chi connectivity index (χ1n) is 17.0. The molecule has 3 aromatic heterocycles. The lowest BCUT2D eigenvalue weighted by Crippen LogP contribution is -2.39. The Hall–Kier alpha value is -5.03. The van der Waals surface area contributed by atoms with Gasteiger partial charge in [-0.2, -0.15) is 0 Å². The fourth-order valence-electron chi connectivity index (χ4n) is 7.48. The molecule has 0 N–H and O–H groups in total. The number of imidazole rings is 1. The average molecular weight is 665 g/mol. The standard InChI is InChI=1S/C38H44N6O5/c1-46-33-23-28(24-34(47-2)35(33)48-3)36(45)43-19-14-38(27-43,29-9-6-15-39-25-29)13-18-41-16-8-17-42(21-20-41)37-40-31-11-4-5-12-32(31)44(37)26-30-10-7-22-49-30/h4-7,9-12,15,22-25H,8,13-14,16-21,26-27H2,1-3H3. The highest BCUT2D eigenvalue weighted by Crippen LogP contribution is 2.41. The number of para-hydroxylation sites is 2. The van der Waals surface area contributed by atoms with Gasteiger partial charge in [-0.05, 0) is 80.4 Å². The number of fused-ring (bicyclic) bond motifs is 1. The Morgan fingerprint density at radius 2 is 1.76 bits per heavy atom. The van der Waals surface area contributed by atoms with E-state index in [1.165, 1.54) is 5.56 Å². The molecule has 2 aliphatic heterocycles. The van der Waals surface area contributed by atoms with Crippen molar-refractivity contribution in [3.05, 3.63) is 96.2 Å². The van der Waals surface area contributed by atoms with Crippen LogP contribution in [0.5, 0.6) is 17.2 Å². The molecule has 2 aliphatic rings. The zero-order valence-corrected chi connectivity index (χ0v) is 28.5. The number of furan rings is 1. The number of carbonyl (C=O) groups is 1. The maximum absolute atomic E-state index is 13.9. The highest BCUT2D eigenvalue weighted by Gasteiger charge is 2.42. The molecule has 49 heavy (non-hydrogen) atoms. The molecular weight excluding hydrogens is 620 g/mol. The van der Waals surface area contributed by atoms with Gasteiger partial charge < -0.3 is 37.9 Å². The first kappa shape index (κ1) is 32.5. The van der Waals surface area contributed by atoms with Crippen LogP contribution in [0.25, 0.3) is 11.0 Å². The van der Waals surface area contributed by atoms with Gasteiger partial charge in [0.2, 0.25) is 11.7 Å². The Morgan fingerprint density at radius 3 is 2.49 bits per heavy atom. The van der Waals surface area contributed by atoms with E-state index in [2.05, 4.69) is 43.6 Å². The Kier molecular flexibility index (Phi) is 9.43. The van der Waals surface area contributed by atoms with E-state index in [1.807, 2.05) is 41.6 Å². The van der Waals surface area contributed by atoms with Crippen LogP contribution >= 0.6 is 0 Å². The minimum atomic E-state index is -0.201. The highest BCUT2D eigenvalue weighted by molar-refractivity contribution is 5.96. The number of hydrogen-bond donors (Lipinski definition) is 0. The van der Waals surface area contributed by atoms with Crippen LogP contribution in [0.1, 0.15) is 40.9 Å². The van der Waals surface area contributed by atoms with Gasteiger partial charge in [0.05, 0.1) is 45.2 Å². The zero-order chi connectivity index (χ0) is 33.8. The van der Waals surface area contributed by atoms with Crippen LogP contribution in [0.2, 0.25) is 0 Å². The van der Waals surface area contributed by atoms with Crippen LogP contribution in [-0.2, 0) is 12.0 Å².